The van der Waals surface area contributed by atoms with Gasteiger partial charge in [0.15, 0.2) is 0 Å². The van der Waals surface area contributed by atoms with Gasteiger partial charge in [0.05, 0.1) is 30.5 Å². The van der Waals surface area contributed by atoms with Crippen LogP contribution in [0.1, 0.15) is 172 Å². The van der Waals surface area contributed by atoms with E-state index in [0.717, 1.165) is 143 Å². The first-order valence-electron chi connectivity index (χ1n) is 28.3. The summed E-state index contributed by atoms with van der Waals surface area (Å²) in [6.45, 7) is 10.1. The summed E-state index contributed by atoms with van der Waals surface area (Å²) in [5.74, 6) is 0.370. The predicted octanol–water partition coefficient (Wildman–Crippen LogP) is 10.5. The summed E-state index contributed by atoms with van der Waals surface area (Å²) in [5.41, 5.74) is 7.50. The largest absolute Gasteiger partial charge is 0.480 e. The first-order chi connectivity index (χ1) is 36.5. The first kappa shape index (κ1) is 53.4. The number of benzene rings is 2. The summed E-state index contributed by atoms with van der Waals surface area (Å²) in [6, 6.07) is 19.9. The fourth-order valence-electron chi connectivity index (χ4n) is 13.0. The maximum atomic E-state index is 14.6. The van der Waals surface area contributed by atoms with E-state index in [1.807, 2.05) is 29.2 Å². The van der Waals surface area contributed by atoms with Crippen molar-refractivity contribution in [1.29, 1.82) is 0 Å². The quantitative estimate of drug-likeness (QED) is 0.0582. The van der Waals surface area contributed by atoms with Crippen molar-refractivity contribution in [3.05, 3.63) is 117 Å². The number of likely N-dealkylation sites (tertiary alicyclic amines) is 2. The molecule has 0 aliphatic carbocycles. The molecule has 0 spiro atoms. The van der Waals surface area contributed by atoms with Crippen molar-refractivity contribution in [1.82, 2.24) is 19.8 Å². The van der Waals surface area contributed by atoms with Crippen molar-refractivity contribution >= 4 is 23.6 Å². The highest BCUT2D eigenvalue weighted by atomic mass is 19.1. The number of aryl methyl sites for hydroxylation is 2. The molecule has 0 amide bonds. The number of fused-ring (bicyclic) bond motifs is 2. The summed E-state index contributed by atoms with van der Waals surface area (Å²) in [5, 5.41) is 28.4. The van der Waals surface area contributed by atoms with Gasteiger partial charge in [-0.15, -0.1) is 0 Å². The van der Waals surface area contributed by atoms with E-state index in [4.69, 9.17) is 28.9 Å². The Morgan fingerprint density at radius 2 is 1.53 bits per heavy atom. The van der Waals surface area contributed by atoms with Crippen molar-refractivity contribution in [3.63, 3.8) is 0 Å². The van der Waals surface area contributed by atoms with Crippen molar-refractivity contribution in [2.24, 2.45) is 5.92 Å². The van der Waals surface area contributed by atoms with E-state index < -0.39 is 29.8 Å². The molecule has 3 unspecified atom stereocenters. The van der Waals surface area contributed by atoms with Crippen LogP contribution in [0, 0.1) is 11.7 Å². The van der Waals surface area contributed by atoms with Crippen molar-refractivity contribution in [2.45, 2.75) is 165 Å². The Bertz CT molecular complexity index is 2590. The van der Waals surface area contributed by atoms with Crippen LogP contribution in [-0.2, 0) is 47.8 Å². The Hall–Kier alpha value is -5.03. The molecular formula is C60H79FN6O8. The number of carboxylic acids is 2. The van der Waals surface area contributed by atoms with Gasteiger partial charge in [-0.3, -0.25) is 19.4 Å². The van der Waals surface area contributed by atoms with Gasteiger partial charge in [-0.05, 0) is 180 Å². The highest BCUT2D eigenvalue weighted by Crippen LogP contribution is 2.43. The highest BCUT2D eigenvalue weighted by Gasteiger charge is 2.40. The highest BCUT2D eigenvalue weighted by molar-refractivity contribution is 5.77. The minimum atomic E-state index is -0.956. The molecule has 4 N–H and O–H groups in total. The van der Waals surface area contributed by atoms with Gasteiger partial charge in [0.1, 0.15) is 29.5 Å². The summed E-state index contributed by atoms with van der Waals surface area (Å²) < 4.78 is 39.6. The number of aliphatic carboxylic acids is 2. The molecule has 6 aliphatic heterocycles. The third-order valence-corrected chi connectivity index (χ3v) is 17.0. The summed E-state index contributed by atoms with van der Waals surface area (Å²) in [4.78, 5) is 39.8. The molecule has 2 aromatic heterocycles. The van der Waals surface area contributed by atoms with Gasteiger partial charge in [-0.25, -0.2) is 14.4 Å². The van der Waals surface area contributed by atoms with Gasteiger partial charge in [0.25, 0.3) is 0 Å². The molecule has 15 heteroatoms. The number of rotatable bonds is 21. The van der Waals surface area contributed by atoms with Crippen LogP contribution in [0.25, 0.3) is 0 Å². The third kappa shape index (κ3) is 13.0. The zero-order chi connectivity index (χ0) is 51.9. The maximum Gasteiger partial charge on any atom is 0.325 e. The second-order valence-corrected chi connectivity index (χ2v) is 22.7. The van der Waals surface area contributed by atoms with Gasteiger partial charge < -0.3 is 39.8 Å². The average molecular weight is 1030 g/mol. The normalized spacial score (nSPS) is 25.6. The van der Waals surface area contributed by atoms with Crippen LogP contribution < -0.4 is 10.6 Å². The monoisotopic (exact) mass is 1030 g/mol. The standard InChI is InChI=1S/C60H79FN6O8/c1-60(2)28-9-14-53(75-60)46-11-3-4-12-48(46)54(58(68)69)67-31-25-44(38-67)73-32-7-5-10-42-18-15-40-16-22-51(65-56(40)63-42)45-23-29-62-57-49(45)21-19-43(64-57)27-35-72-34-26-39-24-30-66(37-39)55(59(70)71)50-36-41(61)17-20-47(50)52-13-6-8-33-74-52/h3-4,11-12,15,17-21,36,39,44-45,51-55H,5-10,13-14,16,22-35,37-38H2,1-2H3,(H,62,64)(H,63,65)(H,68,69)(H,70,71)/t39-,44+,45?,51?,52-,53?,54+,55+/m0/s1. The molecule has 4 saturated heterocycles. The smallest absolute Gasteiger partial charge is 0.325 e. The molecule has 0 saturated carbocycles. The second kappa shape index (κ2) is 24.5. The zero-order valence-corrected chi connectivity index (χ0v) is 44.2. The molecule has 2 aromatic carbocycles. The molecule has 8 heterocycles. The molecule has 404 valence electrons. The molecule has 10 rings (SSSR count). The fourth-order valence-corrected chi connectivity index (χ4v) is 13.0. The number of anilines is 2. The minimum Gasteiger partial charge on any atom is -0.480 e. The van der Waals surface area contributed by atoms with Crippen LogP contribution in [-0.4, -0.2) is 119 Å². The van der Waals surface area contributed by atoms with E-state index in [1.165, 1.54) is 23.3 Å². The van der Waals surface area contributed by atoms with Crippen molar-refractivity contribution in [3.8, 4) is 0 Å². The van der Waals surface area contributed by atoms with Gasteiger partial charge in [0.2, 0.25) is 0 Å². The molecule has 75 heavy (non-hydrogen) atoms. The van der Waals surface area contributed by atoms with E-state index >= 15 is 0 Å². The number of unbranched alkanes of at least 4 members (excludes halogenated alkanes) is 1. The number of nitrogens with one attached hydrogen (secondary N) is 2. The number of pyridine rings is 2. The maximum absolute atomic E-state index is 14.6. The van der Waals surface area contributed by atoms with Crippen LogP contribution >= 0.6 is 0 Å². The lowest BCUT2D eigenvalue weighted by Gasteiger charge is -2.38. The number of hydrogen-bond donors (Lipinski definition) is 4. The summed E-state index contributed by atoms with van der Waals surface area (Å²) in [7, 11) is 0. The van der Waals surface area contributed by atoms with Crippen molar-refractivity contribution < 1.29 is 43.1 Å². The minimum absolute atomic E-state index is 0.00519. The Kier molecular flexibility index (Phi) is 17.5. The van der Waals surface area contributed by atoms with Crippen LogP contribution in [0.3, 0.4) is 0 Å². The van der Waals surface area contributed by atoms with Crippen LogP contribution in [0.5, 0.6) is 0 Å². The van der Waals surface area contributed by atoms with E-state index in [9.17, 15) is 24.2 Å². The number of carboxylic acid groups (broad SMARTS) is 2. The van der Waals surface area contributed by atoms with E-state index in [0.29, 0.717) is 76.4 Å². The van der Waals surface area contributed by atoms with Gasteiger partial charge in [-0.1, -0.05) is 42.5 Å². The fraction of sp³-hybridized carbons (Fsp3) is 0.600. The number of hydrogen-bond acceptors (Lipinski definition) is 12. The Morgan fingerprint density at radius 3 is 2.37 bits per heavy atom. The lowest BCUT2D eigenvalue weighted by molar-refractivity contribution is -0.144. The number of nitrogens with zero attached hydrogens (tertiary/aromatic N) is 4. The molecule has 14 nitrogen and oxygen atoms in total. The summed E-state index contributed by atoms with van der Waals surface area (Å²) in [6.07, 6.45) is 14.5. The lowest BCUT2D eigenvalue weighted by Crippen LogP contribution is -2.36. The van der Waals surface area contributed by atoms with Gasteiger partial charge >= 0.3 is 11.9 Å². The Morgan fingerprint density at radius 1 is 0.773 bits per heavy atom. The molecule has 0 bridgehead atoms. The zero-order valence-electron chi connectivity index (χ0n) is 44.2. The SMILES string of the molecule is CC1(C)CCCC(c2ccccc2[C@H](C(=O)O)N2CC[C@@H](OCCCCc3ccc4c(n3)NC(C3CCNc5nc(CCOCC[C@@H]6CCN([C@@H](C(=O)O)c7cc(F)ccc7[C@@H]7CCCCO7)C6)ccc53)CC4)C2)O1. The van der Waals surface area contributed by atoms with Crippen LogP contribution in [0.2, 0.25) is 0 Å². The molecule has 6 aliphatic rings. The van der Waals surface area contributed by atoms with Gasteiger partial charge in [-0.2, -0.15) is 0 Å². The molecule has 8 atom stereocenters. The average Bonchev–Trinajstić information content (AvgIpc) is 4.08. The topological polar surface area (TPSA) is 168 Å². The Labute approximate surface area is 442 Å². The number of aromatic nitrogens is 2. The van der Waals surface area contributed by atoms with E-state index in [2.05, 4.69) is 53.6 Å². The van der Waals surface area contributed by atoms with E-state index in [-0.39, 0.29) is 30.0 Å². The Balaban J connectivity index is 0.652. The second-order valence-electron chi connectivity index (χ2n) is 22.7. The first-order valence-corrected chi connectivity index (χ1v) is 28.3. The lowest BCUT2D eigenvalue weighted by atomic mass is 9.82. The number of ether oxygens (including phenoxy) is 4. The molecule has 4 fully saturated rings. The molecule has 0 radical (unpaired) electrons. The third-order valence-electron chi connectivity index (χ3n) is 17.0. The van der Waals surface area contributed by atoms with Crippen molar-refractivity contribution in [2.75, 3.05) is 69.8 Å². The predicted molar refractivity (Wildman–Crippen MR) is 286 cm³/mol. The number of halogens is 1. The summed E-state index contributed by atoms with van der Waals surface area (Å²) >= 11 is 0. The number of carbonyl (C=O) groups is 2. The van der Waals surface area contributed by atoms with Gasteiger partial charge in [0, 0.05) is 75.8 Å². The van der Waals surface area contributed by atoms with E-state index in [1.54, 1.807) is 6.07 Å². The van der Waals surface area contributed by atoms with Crippen LogP contribution in [0.4, 0.5) is 16.0 Å². The molecular weight excluding hydrogens is 952 g/mol. The van der Waals surface area contributed by atoms with Crippen LogP contribution in [0.15, 0.2) is 66.7 Å². The molecule has 4 aromatic rings.